The molecule has 3 aromatic rings. The van der Waals surface area contributed by atoms with E-state index in [4.69, 9.17) is 25.8 Å². The smallest absolute Gasteiger partial charge is 0.414 e. The van der Waals surface area contributed by atoms with Crippen molar-refractivity contribution in [2.75, 3.05) is 25.7 Å². The second-order valence-corrected chi connectivity index (χ2v) is 9.69. The fraction of sp³-hybridized carbons (Fsp3) is 0.333. The second kappa shape index (κ2) is 12.2. The number of amides is 2. The highest BCUT2D eigenvalue weighted by Gasteiger charge is 2.39. The molecule has 8 heteroatoms. The van der Waals surface area contributed by atoms with E-state index in [-0.39, 0.29) is 31.0 Å². The number of benzene rings is 3. The third-order valence-corrected chi connectivity index (χ3v) is 6.99. The maximum atomic E-state index is 14.0. The lowest BCUT2D eigenvalue weighted by Gasteiger charge is -2.43. The van der Waals surface area contributed by atoms with Crippen molar-refractivity contribution in [1.29, 1.82) is 0 Å². The predicted octanol–water partition coefficient (Wildman–Crippen LogP) is 6.42. The van der Waals surface area contributed by atoms with Gasteiger partial charge in [0.15, 0.2) is 11.5 Å². The molecule has 38 heavy (non-hydrogen) atoms. The standard InChI is InChI=1S/C30H33ClN2O5/c1-5-38-30(35)33-20(2)14-25(24-17-27(36-3)28(37-4)18-26(24)33)32(19-21-10-7-6-8-11-21)29(34)16-22-12-9-13-23(31)15-22/h6-13,15,17-18,20,25H,5,14,16,19H2,1-4H3/t20-,25+/m0/s1. The van der Waals surface area contributed by atoms with Crippen LogP contribution in [0.25, 0.3) is 0 Å². The van der Waals surface area contributed by atoms with E-state index in [0.29, 0.717) is 35.2 Å². The Balaban J connectivity index is 1.82. The van der Waals surface area contributed by atoms with Gasteiger partial charge in [-0.05, 0) is 49.6 Å². The Kier molecular flexibility index (Phi) is 8.79. The topological polar surface area (TPSA) is 68.3 Å². The van der Waals surface area contributed by atoms with Crippen LogP contribution >= 0.6 is 11.6 Å². The molecule has 0 fully saturated rings. The van der Waals surface area contributed by atoms with Gasteiger partial charge in [-0.3, -0.25) is 9.69 Å². The fourth-order valence-electron chi connectivity index (χ4n) is 4.99. The van der Waals surface area contributed by atoms with E-state index in [1.807, 2.05) is 66.4 Å². The Morgan fingerprint density at radius 2 is 1.66 bits per heavy atom. The van der Waals surface area contributed by atoms with Crippen LogP contribution in [0.5, 0.6) is 11.5 Å². The summed E-state index contributed by atoms with van der Waals surface area (Å²) in [5, 5.41) is 0.587. The highest BCUT2D eigenvalue weighted by Crippen LogP contribution is 2.46. The molecule has 0 aliphatic carbocycles. The van der Waals surface area contributed by atoms with E-state index in [2.05, 4.69) is 0 Å². The molecule has 4 rings (SSSR count). The Hall–Kier alpha value is -3.71. The van der Waals surface area contributed by atoms with Gasteiger partial charge in [0, 0.05) is 29.2 Å². The lowest BCUT2D eigenvalue weighted by molar-refractivity contribution is -0.134. The molecule has 2 amide bonds. The summed E-state index contributed by atoms with van der Waals surface area (Å²) in [7, 11) is 3.12. The molecular formula is C30H33ClN2O5. The summed E-state index contributed by atoms with van der Waals surface area (Å²) in [4.78, 5) is 30.5. The summed E-state index contributed by atoms with van der Waals surface area (Å²) >= 11 is 6.21. The number of carbonyl (C=O) groups excluding carboxylic acids is 2. The zero-order chi connectivity index (χ0) is 27.2. The van der Waals surface area contributed by atoms with Crippen molar-refractivity contribution in [3.05, 3.63) is 88.4 Å². The summed E-state index contributed by atoms with van der Waals surface area (Å²) < 4.78 is 16.6. The van der Waals surface area contributed by atoms with E-state index >= 15 is 0 Å². The van der Waals surface area contributed by atoms with E-state index in [9.17, 15) is 9.59 Å². The van der Waals surface area contributed by atoms with Crippen molar-refractivity contribution in [3.8, 4) is 11.5 Å². The van der Waals surface area contributed by atoms with E-state index < -0.39 is 6.09 Å². The van der Waals surface area contributed by atoms with Gasteiger partial charge in [0.25, 0.3) is 0 Å². The molecule has 1 heterocycles. The molecular weight excluding hydrogens is 504 g/mol. The molecule has 200 valence electrons. The molecule has 0 N–H and O–H groups in total. The van der Waals surface area contributed by atoms with Crippen LogP contribution in [0.3, 0.4) is 0 Å². The Bertz CT molecular complexity index is 1280. The van der Waals surface area contributed by atoms with Crippen molar-refractivity contribution < 1.29 is 23.8 Å². The minimum Gasteiger partial charge on any atom is -0.493 e. The first-order chi connectivity index (χ1) is 18.4. The number of methoxy groups -OCH3 is 2. The third-order valence-electron chi connectivity index (χ3n) is 6.76. The zero-order valence-electron chi connectivity index (χ0n) is 22.1. The minimum atomic E-state index is -0.438. The molecule has 3 aromatic carbocycles. The summed E-state index contributed by atoms with van der Waals surface area (Å²) in [6.45, 7) is 4.41. The van der Waals surface area contributed by atoms with Gasteiger partial charge in [-0.15, -0.1) is 0 Å². The predicted molar refractivity (Wildman–Crippen MR) is 148 cm³/mol. The van der Waals surface area contributed by atoms with Crippen LogP contribution in [-0.4, -0.2) is 43.8 Å². The molecule has 0 unspecified atom stereocenters. The monoisotopic (exact) mass is 536 g/mol. The molecule has 1 aliphatic heterocycles. The number of nitrogens with zero attached hydrogens (tertiary/aromatic N) is 2. The summed E-state index contributed by atoms with van der Waals surface area (Å²) in [5.74, 6) is 0.975. The SMILES string of the molecule is CCOC(=O)N1c2cc(OC)c(OC)cc2[C@H](N(Cc2ccccc2)C(=O)Cc2cccc(Cl)c2)C[C@@H]1C. The van der Waals surface area contributed by atoms with Gasteiger partial charge < -0.3 is 19.1 Å². The molecule has 0 aromatic heterocycles. The average Bonchev–Trinajstić information content (AvgIpc) is 2.91. The zero-order valence-corrected chi connectivity index (χ0v) is 22.9. The van der Waals surface area contributed by atoms with Crippen molar-refractivity contribution in [1.82, 2.24) is 4.90 Å². The number of anilines is 1. The largest absolute Gasteiger partial charge is 0.493 e. The number of hydrogen-bond acceptors (Lipinski definition) is 5. The maximum absolute atomic E-state index is 14.0. The minimum absolute atomic E-state index is 0.0429. The number of rotatable bonds is 8. The first-order valence-electron chi connectivity index (χ1n) is 12.7. The average molecular weight is 537 g/mol. The number of ether oxygens (including phenoxy) is 3. The molecule has 0 spiro atoms. The molecule has 0 saturated carbocycles. The van der Waals surface area contributed by atoms with Crippen LogP contribution in [0.1, 0.15) is 43.0 Å². The van der Waals surface area contributed by atoms with Gasteiger partial charge in [0.1, 0.15) is 0 Å². The maximum Gasteiger partial charge on any atom is 0.414 e. The van der Waals surface area contributed by atoms with Crippen LogP contribution in [-0.2, 0) is 22.5 Å². The molecule has 2 atom stereocenters. The van der Waals surface area contributed by atoms with Crippen LogP contribution in [0.4, 0.5) is 10.5 Å². The van der Waals surface area contributed by atoms with Crippen LogP contribution in [0.15, 0.2) is 66.7 Å². The van der Waals surface area contributed by atoms with Crippen molar-refractivity contribution in [2.45, 2.75) is 45.3 Å². The van der Waals surface area contributed by atoms with Gasteiger partial charge in [0.05, 0.1) is 39.0 Å². The first-order valence-corrected chi connectivity index (χ1v) is 13.0. The van der Waals surface area contributed by atoms with Gasteiger partial charge in [0.2, 0.25) is 5.91 Å². The summed E-state index contributed by atoms with van der Waals surface area (Å²) in [6.07, 6.45) is 0.282. The van der Waals surface area contributed by atoms with E-state index in [1.165, 1.54) is 0 Å². The van der Waals surface area contributed by atoms with E-state index in [0.717, 1.165) is 16.7 Å². The first kappa shape index (κ1) is 27.3. The normalized spacial score (nSPS) is 16.4. The van der Waals surface area contributed by atoms with Crippen molar-refractivity contribution in [3.63, 3.8) is 0 Å². The number of fused-ring (bicyclic) bond motifs is 1. The van der Waals surface area contributed by atoms with Gasteiger partial charge >= 0.3 is 6.09 Å². The highest BCUT2D eigenvalue weighted by atomic mass is 35.5. The third kappa shape index (κ3) is 5.89. The number of hydrogen-bond donors (Lipinski definition) is 0. The highest BCUT2D eigenvalue weighted by molar-refractivity contribution is 6.30. The van der Waals surface area contributed by atoms with Gasteiger partial charge in [-0.25, -0.2) is 4.79 Å². The van der Waals surface area contributed by atoms with Crippen molar-refractivity contribution in [2.24, 2.45) is 0 Å². The van der Waals surface area contributed by atoms with Gasteiger partial charge in [-0.2, -0.15) is 0 Å². The van der Waals surface area contributed by atoms with Crippen LogP contribution < -0.4 is 14.4 Å². The lowest BCUT2D eigenvalue weighted by Crippen LogP contribution is -2.48. The molecule has 0 bridgehead atoms. The Morgan fingerprint density at radius 1 is 0.974 bits per heavy atom. The molecule has 0 saturated heterocycles. The summed E-state index contributed by atoms with van der Waals surface area (Å²) in [5.41, 5.74) is 3.28. The quantitative estimate of drug-likeness (QED) is 0.332. The Morgan fingerprint density at radius 3 is 2.32 bits per heavy atom. The van der Waals surface area contributed by atoms with Crippen LogP contribution in [0.2, 0.25) is 5.02 Å². The molecule has 0 radical (unpaired) electrons. The Labute approximate surface area is 228 Å². The van der Waals surface area contributed by atoms with Crippen LogP contribution in [0, 0.1) is 0 Å². The molecule has 7 nitrogen and oxygen atoms in total. The van der Waals surface area contributed by atoms with Gasteiger partial charge in [-0.1, -0.05) is 54.1 Å². The van der Waals surface area contributed by atoms with Crippen molar-refractivity contribution >= 4 is 29.3 Å². The number of carbonyl (C=O) groups is 2. The van der Waals surface area contributed by atoms with E-state index in [1.54, 1.807) is 38.2 Å². The lowest BCUT2D eigenvalue weighted by atomic mass is 9.89. The fourth-order valence-corrected chi connectivity index (χ4v) is 5.21. The summed E-state index contributed by atoms with van der Waals surface area (Å²) in [6, 6.07) is 20.3. The molecule has 1 aliphatic rings. The number of halogens is 1. The second-order valence-electron chi connectivity index (χ2n) is 9.25.